The van der Waals surface area contributed by atoms with Gasteiger partial charge in [-0.25, -0.2) is 0 Å². The van der Waals surface area contributed by atoms with Gasteiger partial charge in [-0.05, 0) is 35.9 Å². The van der Waals surface area contributed by atoms with Gasteiger partial charge in [0.2, 0.25) is 6.79 Å². The minimum atomic E-state index is -0.459. The van der Waals surface area contributed by atoms with Gasteiger partial charge in [0.1, 0.15) is 17.4 Å². The van der Waals surface area contributed by atoms with Crippen LogP contribution in [-0.2, 0) is 16.1 Å². The number of methoxy groups -OCH3 is 1. The van der Waals surface area contributed by atoms with Crippen molar-refractivity contribution in [3.8, 4) is 23.3 Å². The molecule has 0 saturated carbocycles. The first-order valence-corrected chi connectivity index (χ1v) is 9.97. The van der Waals surface area contributed by atoms with Gasteiger partial charge in [-0.3, -0.25) is 4.79 Å². The first-order chi connectivity index (χ1) is 15.2. The van der Waals surface area contributed by atoms with Gasteiger partial charge in [-0.2, -0.15) is 5.26 Å². The van der Waals surface area contributed by atoms with Crippen LogP contribution in [0, 0.1) is 11.3 Å². The van der Waals surface area contributed by atoms with Crippen molar-refractivity contribution < 1.29 is 23.7 Å². The summed E-state index contributed by atoms with van der Waals surface area (Å²) in [5, 5.41) is 12.3. The Kier molecular flexibility index (Phi) is 6.24. The Morgan fingerprint density at radius 1 is 1.19 bits per heavy atom. The fourth-order valence-corrected chi connectivity index (χ4v) is 3.47. The van der Waals surface area contributed by atoms with Crippen LogP contribution in [0.1, 0.15) is 11.1 Å². The Morgan fingerprint density at radius 2 is 2.00 bits per heavy atom. The van der Waals surface area contributed by atoms with Crippen molar-refractivity contribution >= 4 is 17.7 Å². The third-order valence-corrected chi connectivity index (χ3v) is 5.15. The summed E-state index contributed by atoms with van der Waals surface area (Å²) in [5.74, 6) is 1.47. The van der Waals surface area contributed by atoms with Gasteiger partial charge in [0.15, 0.2) is 11.5 Å². The van der Waals surface area contributed by atoms with E-state index in [2.05, 4.69) is 10.2 Å². The Labute approximate surface area is 180 Å². The first-order valence-electron chi connectivity index (χ1n) is 9.97. The smallest absolute Gasteiger partial charge is 0.262 e. The van der Waals surface area contributed by atoms with Gasteiger partial charge in [0, 0.05) is 37.0 Å². The number of hydrogen-bond donors (Lipinski definition) is 1. The number of anilines is 1. The van der Waals surface area contributed by atoms with E-state index in [0.717, 1.165) is 24.3 Å². The standard InChI is InChI=1S/C23H23N3O5/c1-28-21-12-19(26-6-8-29-9-7-26)4-3-17(21)11-18(13-24)23(27)25-14-16-2-5-20-22(10-16)31-15-30-20/h2-5,10-12H,6-9,14-15H2,1H3,(H,25,27)/b18-11+. The molecule has 160 valence electrons. The summed E-state index contributed by atoms with van der Waals surface area (Å²) < 4.78 is 21.5. The van der Waals surface area contributed by atoms with E-state index in [1.165, 1.54) is 6.08 Å². The van der Waals surface area contributed by atoms with Crippen LogP contribution in [0.15, 0.2) is 42.0 Å². The van der Waals surface area contributed by atoms with Crippen molar-refractivity contribution in [1.82, 2.24) is 5.32 Å². The maximum Gasteiger partial charge on any atom is 0.262 e. The second kappa shape index (κ2) is 9.41. The minimum absolute atomic E-state index is 0.00170. The lowest BCUT2D eigenvalue weighted by Crippen LogP contribution is -2.36. The van der Waals surface area contributed by atoms with Crippen molar-refractivity contribution in [3.05, 3.63) is 53.1 Å². The first kappa shape index (κ1) is 20.6. The third-order valence-electron chi connectivity index (χ3n) is 5.15. The summed E-state index contributed by atoms with van der Waals surface area (Å²) in [7, 11) is 1.57. The van der Waals surface area contributed by atoms with Crippen molar-refractivity contribution in [1.29, 1.82) is 5.26 Å². The molecule has 0 unspecified atom stereocenters. The highest BCUT2D eigenvalue weighted by molar-refractivity contribution is 6.02. The number of hydrogen-bond acceptors (Lipinski definition) is 7. The number of amides is 1. The van der Waals surface area contributed by atoms with Crippen LogP contribution in [0.3, 0.4) is 0 Å². The second-order valence-corrected chi connectivity index (χ2v) is 7.07. The van der Waals surface area contributed by atoms with Crippen LogP contribution in [0.5, 0.6) is 17.2 Å². The minimum Gasteiger partial charge on any atom is -0.496 e. The maximum absolute atomic E-state index is 12.6. The van der Waals surface area contributed by atoms with Crippen LogP contribution in [0.4, 0.5) is 5.69 Å². The van der Waals surface area contributed by atoms with Gasteiger partial charge in [0.25, 0.3) is 5.91 Å². The molecule has 2 aliphatic heterocycles. The lowest BCUT2D eigenvalue weighted by Gasteiger charge is -2.29. The van der Waals surface area contributed by atoms with Gasteiger partial charge in [-0.15, -0.1) is 0 Å². The van der Waals surface area contributed by atoms with Crippen molar-refractivity contribution in [2.24, 2.45) is 0 Å². The number of nitrogens with zero attached hydrogens (tertiary/aromatic N) is 2. The predicted octanol–water partition coefficient (Wildman–Crippen LogP) is 2.48. The van der Waals surface area contributed by atoms with E-state index in [-0.39, 0.29) is 18.9 Å². The molecule has 0 aromatic heterocycles. The lowest BCUT2D eigenvalue weighted by atomic mass is 10.1. The van der Waals surface area contributed by atoms with Crippen LogP contribution < -0.4 is 24.4 Å². The highest BCUT2D eigenvalue weighted by Crippen LogP contribution is 2.32. The fourth-order valence-electron chi connectivity index (χ4n) is 3.47. The van der Waals surface area contributed by atoms with E-state index < -0.39 is 5.91 Å². The van der Waals surface area contributed by atoms with E-state index in [4.69, 9.17) is 18.9 Å². The van der Waals surface area contributed by atoms with E-state index in [1.807, 2.05) is 36.4 Å². The van der Waals surface area contributed by atoms with E-state index >= 15 is 0 Å². The molecular weight excluding hydrogens is 398 g/mol. The van der Waals surface area contributed by atoms with Crippen LogP contribution in [0.25, 0.3) is 6.08 Å². The molecule has 0 radical (unpaired) electrons. The molecular formula is C23H23N3O5. The van der Waals surface area contributed by atoms with Gasteiger partial charge in [0.05, 0.1) is 20.3 Å². The number of nitriles is 1. The molecule has 1 N–H and O–H groups in total. The summed E-state index contributed by atoms with van der Waals surface area (Å²) >= 11 is 0. The van der Waals surface area contributed by atoms with Crippen molar-refractivity contribution in [2.45, 2.75) is 6.54 Å². The molecule has 1 saturated heterocycles. The summed E-state index contributed by atoms with van der Waals surface area (Å²) in [4.78, 5) is 14.8. The number of benzene rings is 2. The second-order valence-electron chi connectivity index (χ2n) is 7.07. The number of carbonyl (C=O) groups excluding carboxylic acids is 1. The zero-order valence-electron chi connectivity index (χ0n) is 17.2. The maximum atomic E-state index is 12.6. The molecule has 8 heteroatoms. The van der Waals surface area contributed by atoms with Crippen LogP contribution in [0.2, 0.25) is 0 Å². The van der Waals surface area contributed by atoms with Gasteiger partial charge >= 0.3 is 0 Å². The molecule has 2 aliphatic rings. The molecule has 8 nitrogen and oxygen atoms in total. The highest BCUT2D eigenvalue weighted by atomic mass is 16.7. The molecule has 0 bridgehead atoms. The average molecular weight is 421 g/mol. The zero-order valence-corrected chi connectivity index (χ0v) is 17.2. The van der Waals surface area contributed by atoms with E-state index in [1.54, 1.807) is 13.2 Å². The lowest BCUT2D eigenvalue weighted by molar-refractivity contribution is -0.117. The zero-order chi connectivity index (χ0) is 21.6. The largest absolute Gasteiger partial charge is 0.496 e. The van der Waals surface area contributed by atoms with Gasteiger partial charge in [-0.1, -0.05) is 6.07 Å². The molecule has 1 fully saturated rings. The van der Waals surface area contributed by atoms with Crippen LogP contribution >= 0.6 is 0 Å². The molecule has 2 aromatic rings. The Bertz CT molecular complexity index is 1040. The quantitative estimate of drug-likeness (QED) is 0.566. The summed E-state index contributed by atoms with van der Waals surface area (Å²) in [6, 6.07) is 13.2. The van der Waals surface area contributed by atoms with Crippen molar-refractivity contribution in [3.63, 3.8) is 0 Å². The third kappa shape index (κ3) is 4.73. The average Bonchev–Trinajstić information content (AvgIpc) is 3.29. The topological polar surface area (TPSA) is 93.1 Å². The normalized spacial score (nSPS) is 15.4. The molecule has 1 amide bonds. The van der Waals surface area contributed by atoms with Gasteiger partial charge < -0.3 is 29.2 Å². The summed E-state index contributed by atoms with van der Waals surface area (Å²) in [5.41, 5.74) is 2.53. The Balaban J connectivity index is 1.46. The van der Waals surface area contributed by atoms with Crippen LogP contribution in [-0.4, -0.2) is 46.1 Å². The SMILES string of the molecule is COc1cc(N2CCOCC2)ccc1/C=C(\C#N)C(=O)NCc1ccc2c(c1)OCO2. The molecule has 0 aliphatic carbocycles. The monoisotopic (exact) mass is 421 g/mol. The summed E-state index contributed by atoms with van der Waals surface area (Å²) in [6.45, 7) is 3.45. The highest BCUT2D eigenvalue weighted by Gasteiger charge is 2.16. The van der Waals surface area contributed by atoms with Crippen molar-refractivity contribution in [2.75, 3.05) is 45.1 Å². The van der Waals surface area contributed by atoms with E-state index in [9.17, 15) is 10.1 Å². The number of morpholine rings is 1. The summed E-state index contributed by atoms with van der Waals surface area (Å²) in [6.07, 6.45) is 1.54. The molecule has 4 rings (SSSR count). The number of rotatable bonds is 6. The number of carbonyl (C=O) groups is 1. The predicted molar refractivity (Wildman–Crippen MR) is 114 cm³/mol. The number of nitrogens with one attached hydrogen (secondary N) is 1. The molecule has 0 atom stereocenters. The molecule has 2 aromatic carbocycles. The fraction of sp³-hybridized carbons (Fsp3) is 0.304. The molecule has 31 heavy (non-hydrogen) atoms. The molecule has 0 spiro atoms. The Hall–Kier alpha value is -3.70. The van der Waals surface area contributed by atoms with E-state index in [0.29, 0.717) is 36.0 Å². The number of fused-ring (bicyclic) bond motifs is 1. The molecule has 2 heterocycles. The number of ether oxygens (including phenoxy) is 4. The Morgan fingerprint density at radius 3 is 2.77 bits per heavy atom.